The average molecular weight is 376 g/mol. The molecule has 15 heteroatoms. The molecule has 0 aromatic rings. The predicted molar refractivity (Wildman–Crippen MR) is 48.6 cm³/mol. The minimum absolute atomic E-state index is 1.99. The highest BCUT2D eigenvalue weighted by molar-refractivity contribution is 7.53. The molecule has 4 nitrogen and oxygen atoms in total. The van der Waals surface area contributed by atoms with E-state index in [1.807, 2.05) is 0 Å². The first kappa shape index (κ1) is 21.4. The van der Waals surface area contributed by atoms with E-state index in [-0.39, 0.29) is 0 Å². The number of halogens is 10. The minimum Gasteiger partial charge on any atom is -0.384 e. The van der Waals surface area contributed by atoms with Crippen LogP contribution in [0.4, 0.5) is 43.9 Å². The van der Waals surface area contributed by atoms with Crippen molar-refractivity contribution in [2.24, 2.45) is 0 Å². The fourth-order valence-corrected chi connectivity index (χ4v) is 1.60. The number of aliphatic hydroxyl groups excluding tert-OH is 1. The Morgan fingerprint density at radius 3 is 1.18 bits per heavy atom. The summed E-state index contributed by atoms with van der Waals surface area (Å²) >= 11 is 0. The van der Waals surface area contributed by atoms with Crippen molar-refractivity contribution in [3.05, 3.63) is 0 Å². The summed E-state index contributed by atoms with van der Waals surface area (Å²) in [7, 11) is -5.44. The van der Waals surface area contributed by atoms with E-state index in [0.717, 1.165) is 0 Å². The van der Waals surface area contributed by atoms with Crippen LogP contribution in [0.3, 0.4) is 0 Å². The standard InChI is InChI=1S/C7H7F10O4P/c8-4(9,6(12,13)14)1-20-22(19,3-18)21-2-5(10,11)7(15,16)17/h18H,1-3H2. The highest BCUT2D eigenvalue weighted by Gasteiger charge is 2.60. The van der Waals surface area contributed by atoms with Crippen LogP contribution in [0.15, 0.2) is 0 Å². The van der Waals surface area contributed by atoms with Crippen molar-refractivity contribution in [2.75, 3.05) is 19.6 Å². The Morgan fingerprint density at radius 2 is 1.00 bits per heavy atom. The van der Waals surface area contributed by atoms with E-state index in [0.29, 0.717) is 0 Å². The molecule has 0 aliphatic rings. The molecule has 0 atom stereocenters. The van der Waals surface area contributed by atoms with Gasteiger partial charge in [0, 0.05) is 0 Å². The zero-order chi connectivity index (χ0) is 18.0. The lowest BCUT2D eigenvalue weighted by atomic mass is 10.3. The molecule has 0 aliphatic heterocycles. The van der Waals surface area contributed by atoms with Crippen LogP contribution in [-0.2, 0) is 13.6 Å². The third kappa shape index (κ3) is 5.56. The van der Waals surface area contributed by atoms with Crippen LogP contribution < -0.4 is 0 Å². The van der Waals surface area contributed by atoms with Crippen LogP contribution in [0.1, 0.15) is 0 Å². The highest BCUT2D eigenvalue weighted by Crippen LogP contribution is 2.51. The normalized spacial score (nSPS) is 15.2. The van der Waals surface area contributed by atoms with Crippen molar-refractivity contribution in [3.8, 4) is 0 Å². The Balaban J connectivity index is 4.86. The molecule has 0 unspecified atom stereocenters. The monoisotopic (exact) mass is 376 g/mol. The van der Waals surface area contributed by atoms with Gasteiger partial charge in [0.15, 0.2) is 0 Å². The third-order valence-electron chi connectivity index (χ3n) is 1.89. The van der Waals surface area contributed by atoms with Crippen LogP contribution in [0.25, 0.3) is 0 Å². The van der Waals surface area contributed by atoms with Gasteiger partial charge in [-0.25, -0.2) is 0 Å². The molecule has 0 aromatic carbocycles. The molecule has 22 heavy (non-hydrogen) atoms. The lowest BCUT2D eigenvalue weighted by Crippen LogP contribution is -2.41. The minimum atomic E-state index is -6.16. The van der Waals surface area contributed by atoms with E-state index in [4.69, 9.17) is 5.11 Å². The first-order chi connectivity index (χ1) is 9.47. The topological polar surface area (TPSA) is 55.8 Å². The zero-order valence-corrected chi connectivity index (χ0v) is 10.9. The summed E-state index contributed by atoms with van der Waals surface area (Å²) < 4.78 is 138. The molecule has 0 aliphatic carbocycles. The fourth-order valence-electron chi connectivity index (χ4n) is 0.641. The molecule has 0 spiro atoms. The molecule has 134 valence electrons. The molecule has 0 rings (SSSR count). The molecule has 0 bridgehead atoms. The maximum absolute atomic E-state index is 12.4. The summed E-state index contributed by atoms with van der Waals surface area (Å²) in [5, 5.41) is 8.42. The Bertz CT molecular complexity index is 382. The Morgan fingerprint density at radius 1 is 0.727 bits per heavy atom. The lowest BCUT2D eigenvalue weighted by Gasteiger charge is -2.24. The van der Waals surface area contributed by atoms with E-state index in [1.165, 1.54) is 0 Å². The van der Waals surface area contributed by atoms with Gasteiger partial charge in [0.2, 0.25) is 0 Å². The fraction of sp³-hybridized carbons (Fsp3) is 1.00. The SMILES string of the molecule is O=P(CO)(OCC(F)(F)C(F)(F)F)OCC(F)(F)C(F)(F)F. The van der Waals surface area contributed by atoms with Crippen LogP contribution in [-0.4, -0.2) is 48.9 Å². The van der Waals surface area contributed by atoms with Gasteiger partial charge in [-0.05, 0) is 0 Å². The van der Waals surface area contributed by atoms with Gasteiger partial charge in [0.1, 0.15) is 19.6 Å². The largest absolute Gasteiger partial charge is 0.455 e. The number of hydrogen-bond acceptors (Lipinski definition) is 4. The van der Waals surface area contributed by atoms with Crippen LogP contribution in [0.5, 0.6) is 0 Å². The van der Waals surface area contributed by atoms with Crippen LogP contribution in [0, 0.1) is 0 Å². The third-order valence-corrected chi connectivity index (χ3v) is 3.28. The summed E-state index contributed by atoms with van der Waals surface area (Å²) in [6.07, 6.45) is -14.3. The zero-order valence-electron chi connectivity index (χ0n) is 10.0. The molecular formula is C7H7F10O4P. The number of alkyl halides is 10. The Hall–Kier alpha value is -0.590. The summed E-state index contributed by atoms with van der Waals surface area (Å²) in [5.41, 5.74) is 0. The van der Waals surface area contributed by atoms with Gasteiger partial charge in [0.25, 0.3) is 0 Å². The highest BCUT2D eigenvalue weighted by atomic mass is 31.2. The number of hydrogen-bond donors (Lipinski definition) is 1. The second-order valence-electron chi connectivity index (χ2n) is 3.70. The number of aliphatic hydroxyl groups is 1. The van der Waals surface area contributed by atoms with Crippen LogP contribution in [0.2, 0.25) is 0 Å². The quantitative estimate of drug-likeness (QED) is 0.546. The maximum atomic E-state index is 12.4. The first-order valence-corrected chi connectivity index (χ1v) is 6.58. The summed E-state index contributed by atoms with van der Waals surface area (Å²) in [4.78, 5) is 0. The first-order valence-electron chi connectivity index (χ1n) is 4.85. The second kappa shape index (κ2) is 6.49. The molecule has 0 fully saturated rings. The molecule has 0 saturated heterocycles. The lowest BCUT2D eigenvalue weighted by molar-refractivity contribution is -0.294. The van der Waals surface area contributed by atoms with E-state index in [9.17, 15) is 48.5 Å². The van der Waals surface area contributed by atoms with Gasteiger partial charge in [0.05, 0.1) is 0 Å². The van der Waals surface area contributed by atoms with Crippen LogP contribution >= 0.6 is 7.60 Å². The molecule has 0 heterocycles. The molecule has 1 N–H and O–H groups in total. The summed E-state index contributed by atoms with van der Waals surface area (Å²) in [6.45, 7) is -5.40. The molecule has 0 saturated carbocycles. The van der Waals surface area contributed by atoms with E-state index >= 15 is 0 Å². The van der Waals surface area contributed by atoms with Gasteiger partial charge >= 0.3 is 31.8 Å². The second-order valence-corrected chi connectivity index (χ2v) is 5.72. The molecule has 0 radical (unpaired) electrons. The molecule has 0 amide bonds. The van der Waals surface area contributed by atoms with Gasteiger partial charge in [-0.15, -0.1) is 0 Å². The van der Waals surface area contributed by atoms with E-state index in [2.05, 4.69) is 9.05 Å². The smallest absolute Gasteiger partial charge is 0.384 e. The predicted octanol–water partition coefficient (Wildman–Crippen LogP) is 3.56. The van der Waals surface area contributed by atoms with Gasteiger partial charge in [-0.3, -0.25) is 4.57 Å². The van der Waals surface area contributed by atoms with Crippen molar-refractivity contribution in [1.29, 1.82) is 0 Å². The van der Waals surface area contributed by atoms with Gasteiger partial charge < -0.3 is 14.2 Å². The van der Waals surface area contributed by atoms with Gasteiger partial charge in [-0.1, -0.05) is 0 Å². The maximum Gasteiger partial charge on any atom is 0.455 e. The van der Waals surface area contributed by atoms with Crippen molar-refractivity contribution in [1.82, 2.24) is 0 Å². The average Bonchev–Trinajstić information content (AvgIpc) is 2.31. The van der Waals surface area contributed by atoms with E-state index < -0.39 is 51.4 Å². The van der Waals surface area contributed by atoms with Crippen molar-refractivity contribution in [2.45, 2.75) is 24.2 Å². The summed E-state index contributed by atoms with van der Waals surface area (Å²) in [6, 6.07) is 0. The van der Waals surface area contributed by atoms with E-state index in [1.54, 1.807) is 0 Å². The van der Waals surface area contributed by atoms with Crippen molar-refractivity contribution in [3.63, 3.8) is 0 Å². The Labute approximate surface area is 115 Å². The molecular weight excluding hydrogens is 369 g/mol. The molecule has 0 aromatic heterocycles. The Kier molecular flexibility index (Phi) is 6.32. The van der Waals surface area contributed by atoms with Gasteiger partial charge in [-0.2, -0.15) is 43.9 Å². The number of rotatable bonds is 7. The summed E-state index contributed by atoms with van der Waals surface area (Å²) in [5.74, 6) is -11.2. The van der Waals surface area contributed by atoms with Crippen molar-refractivity contribution < 1.29 is 62.6 Å². The van der Waals surface area contributed by atoms with Crippen molar-refractivity contribution >= 4 is 7.60 Å².